The van der Waals surface area contributed by atoms with E-state index in [-0.39, 0.29) is 19.1 Å². The fraction of sp³-hybridized carbons (Fsp3) is 0.562. The Kier molecular flexibility index (Phi) is 5.90. The first-order valence-electron chi connectivity index (χ1n) is 7.56. The number of methoxy groups -OCH3 is 1. The molecule has 5 nitrogen and oxygen atoms in total. The zero-order chi connectivity index (χ0) is 16.9. The van der Waals surface area contributed by atoms with E-state index in [4.69, 9.17) is 9.84 Å². The predicted octanol–water partition coefficient (Wildman–Crippen LogP) is 1.06. The van der Waals surface area contributed by atoms with Crippen LogP contribution in [0.25, 0.3) is 0 Å². The van der Waals surface area contributed by atoms with Crippen LogP contribution in [0.5, 0.6) is 5.75 Å². The number of carbonyl (C=O) groups is 1. The Bertz CT molecular complexity index is 540. The number of likely N-dealkylation sites (tertiary alicyclic amines) is 1. The molecule has 1 fully saturated rings. The maximum absolute atomic E-state index is 13.3. The van der Waals surface area contributed by atoms with Crippen molar-refractivity contribution in [2.75, 3.05) is 33.4 Å². The number of aliphatic hydroxyl groups is 1. The minimum atomic E-state index is -2.84. The van der Waals surface area contributed by atoms with Gasteiger partial charge in [0, 0.05) is 19.0 Å². The summed E-state index contributed by atoms with van der Waals surface area (Å²) in [6.45, 7) is -0.595. The van der Waals surface area contributed by atoms with Crippen LogP contribution in [0.2, 0.25) is 0 Å². The van der Waals surface area contributed by atoms with Crippen LogP contribution in [-0.2, 0) is 11.2 Å². The Labute approximate surface area is 134 Å². The number of nitrogens with one attached hydrogen (secondary N) is 1. The predicted molar refractivity (Wildman–Crippen MR) is 81.7 cm³/mol. The molecule has 1 aromatic carbocycles. The van der Waals surface area contributed by atoms with Crippen LogP contribution < -0.4 is 10.1 Å². The van der Waals surface area contributed by atoms with Crippen molar-refractivity contribution in [3.05, 3.63) is 29.8 Å². The molecule has 7 heteroatoms. The minimum Gasteiger partial charge on any atom is -0.496 e. The van der Waals surface area contributed by atoms with Crippen LogP contribution in [0.3, 0.4) is 0 Å². The molecule has 0 spiro atoms. The van der Waals surface area contributed by atoms with Crippen LogP contribution in [0, 0.1) is 0 Å². The second-order valence-corrected chi connectivity index (χ2v) is 5.71. The minimum absolute atomic E-state index is 0.132. The van der Waals surface area contributed by atoms with E-state index in [2.05, 4.69) is 5.32 Å². The highest BCUT2D eigenvalue weighted by Gasteiger charge is 2.44. The van der Waals surface area contributed by atoms with Crippen molar-refractivity contribution in [1.82, 2.24) is 10.2 Å². The molecule has 1 amide bonds. The number of alkyl halides is 2. The van der Waals surface area contributed by atoms with Crippen molar-refractivity contribution in [3.63, 3.8) is 0 Å². The summed E-state index contributed by atoms with van der Waals surface area (Å²) < 4.78 is 31.9. The number of benzene rings is 1. The fourth-order valence-electron chi connectivity index (χ4n) is 2.82. The van der Waals surface area contributed by atoms with E-state index in [0.717, 1.165) is 11.3 Å². The summed E-state index contributed by atoms with van der Waals surface area (Å²) in [6.07, 6.45) is 0.188. The van der Waals surface area contributed by atoms with E-state index in [9.17, 15) is 13.6 Å². The first kappa shape index (κ1) is 17.6. The topological polar surface area (TPSA) is 61.8 Å². The molecule has 128 valence electrons. The second kappa shape index (κ2) is 7.70. The standard InChI is InChI=1S/C16H22F2N2O3/c1-23-14-5-3-2-4-12(14)6-7-19-15(22)9-20-11-16(17,18)8-13(20)10-21/h2-5,13,21H,6-11H2,1H3,(H,19,22). The van der Waals surface area contributed by atoms with Crippen LogP contribution in [0.1, 0.15) is 12.0 Å². The summed E-state index contributed by atoms with van der Waals surface area (Å²) in [4.78, 5) is 13.2. The molecular formula is C16H22F2N2O3. The average Bonchev–Trinajstić information content (AvgIpc) is 2.81. The van der Waals surface area contributed by atoms with E-state index in [1.165, 1.54) is 4.90 Å². The Morgan fingerprint density at radius 2 is 2.22 bits per heavy atom. The van der Waals surface area contributed by atoms with E-state index in [1.807, 2.05) is 24.3 Å². The monoisotopic (exact) mass is 328 g/mol. The Hall–Kier alpha value is -1.73. The number of ether oxygens (including phenoxy) is 1. The molecule has 1 aliphatic rings. The van der Waals surface area contributed by atoms with Crippen molar-refractivity contribution in [2.24, 2.45) is 0 Å². The molecule has 0 bridgehead atoms. The van der Waals surface area contributed by atoms with Gasteiger partial charge in [-0.05, 0) is 18.1 Å². The Morgan fingerprint density at radius 1 is 1.48 bits per heavy atom. The number of hydrogen-bond acceptors (Lipinski definition) is 4. The summed E-state index contributed by atoms with van der Waals surface area (Å²) in [5.74, 6) is -2.41. The molecule has 0 aliphatic carbocycles. The average molecular weight is 328 g/mol. The van der Waals surface area contributed by atoms with Crippen LogP contribution >= 0.6 is 0 Å². The number of para-hydroxylation sites is 1. The van der Waals surface area contributed by atoms with Crippen molar-refractivity contribution < 1.29 is 23.4 Å². The van der Waals surface area contributed by atoms with Gasteiger partial charge >= 0.3 is 0 Å². The lowest BCUT2D eigenvalue weighted by Crippen LogP contribution is -2.42. The zero-order valence-electron chi connectivity index (χ0n) is 13.1. The van der Waals surface area contributed by atoms with Crippen molar-refractivity contribution in [1.29, 1.82) is 0 Å². The molecule has 0 aromatic heterocycles. The van der Waals surface area contributed by atoms with Crippen LogP contribution in [0.15, 0.2) is 24.3 Å². The Balaban J connectivity index is 1.79. The lowest BCUT2D eigenvalue weighted by atomic mass is 10.1. The summed E-state index contributed by atoms with van der Waals surface area (Å²) >= 11 is 0. The summed E-state index contributed by atoms with van der Waals surface area (Å²) in [6, 6.07) is 6.84. The molecule has 1 atom stereocenters. The maximum Gasteiger partial charge on any atom is 0.262 e. The highest BCUT2D eigenvalue weighted by atomic mass is 19.3. The summed E-state index contributed by atoms with van der Waals surface area (Å²) in [5, 5.41) is 11.9. The molecule has 1 aromatic rings. The highest BCUT2D eigenvalue weighted by molar-refractivity contribution is 5.78. The third-order valence-electron chi connectivity index (χ3n) is 3.95. The molecule has 1 saturated heterocycles. The van der Waals surface area contributed by atoms with Gasteiger partial charge in [-0.2, -0.15) is 0 Å². The van der Waals surface area contributed by atoms with E-state index < -0.39 is 24.9 Å². The van der Waals surface area contributed by atoms with Gasteiger partial charge in [-0.3, -0.25) is 9.69 Å². The number of carbonyl (C=O) groups excluding carboxylic acids is 1. The van der Waals surface area contributed by atoms with Gasteiger partial charge in [0.2, 0.25) is 5.91 Å². The Morgan fingerprint density at radius 3 is 2.91 bits per heavy atom. The molecule has 1 heterocycles. The number of halogens is 2. The molecule has 1 unspecified atom stereocenters. The highest BCUT2D eigenvalue weighted by Crippen LogP contribution is 2.31. The van der Waals surface area contributed by atoms with Crippen molar-refractivity contribution >= 4 is 5.91 Å². The molecule has 2 rings (SSSR count). The van der Waals surface area contributed by atoms with Gasteiger partial charge in [0.25, 0.3) is 5.92 Å². The van der Waals surface area contributed by atoms with Gasteiger partial charge in [0.15, 0.2) is 0 Å². The lowest BCUT2D eigenvalue weighted by Gasteiger charge is -2.21. The summed E-state index contributed by atoms with van der Waals surface area (Å²) in [5.41, 5.74) is 0.969. The number of nitrogens with zero attached hydrogens (tertiary/aromatic N) is 1. The number of rotatable bonds is 7. The van der Waals surface area contributed by atoms with Gasteiger partial charge in [-0.15, -0.1) is 0 Å². The lowest BCUT2D eigenvalue weighted by molar-refractivity contribution is -0.122. The van der Waals surface area contributed by atoms with E-state index >= 15 is 0 Å². The number of amides is 1. The molecule has 0 saturated carbocycles. The van der Waals surface area contributed by atoms with Crippen LogP contribution in [-0.4, -0.2) is 61.2 Å². The van der Waals surface area contributed by atoms with Gasteiger partial charge in [-0.25, -0.2) is 8.78 Å². The zero-order valence-corrected chi connectivity index (χ0v) is 13.1. The third kappa shape index (κ3) is 4.87. The molecule has 0 radical (unpaired) electrons. The molecule has 1 aliphatic heterocycles. The maximum atomic E-state index is 13.3. The molecule has 23 heavy (non-hydrogen) atoms. The van der Waals surface area contributed by atoms with Gasteiger partial charge in [0.1, 0.15) is 5.75 Å². The smallest absolute Gasteiger partial charge is 0.262 e. The van der Waals surface area contributed by atoms with Crippen LogP contribution in [0.4, 0.5) is 8.78 Å². The quantitative estimate of drug-likeness (QED) is 0.786. The van der Waals surface area contributed by atoms with Gasteiger partial charge < -0.3 is 15.2 Å². The van der Waals surface area contributed by atoms with Gasteiger partial charge in [-0.1, -0.05) is 18.2 Å². The van der Waals surface area contributed by atoms with Crippen molar-refractivity contribution in [2.45, 2.75) is 24.8 Å². The first-order chi connectivity index (χ1) is 10.9. The first-order valence-corrected chi connectivity index (χ1v) is 7.56. The largest absolute Gasteiger partial charge is 0.496 e. The van der Waals surface area contributed by atoms with E-state index in [0.29, 0.717) is 13.0 Å². The van der Waals surface area contributed by atoms with E-state index in [1.54, 1.807) is 7.11 Å². The van der Waals surface area contributed by atoms with Crippen molar-refractivity contribution in [3.8, 4) is 5.75 Å². The SMILES string of the molecule is COc1ccccc1CCNC(=O)CN1CC(F)(F)CC1CO. The molecular weight excluding hydrogens is 306 g/mol. The number of hydrogen-bond donors (Lipinski definition) is 2. The molecule has 2 N–H and O–H groups in total. The second-order valence-electron chi connectivity index (χ2n) is 5.71. The summed E-state index contributed by atoms with van der Waals surface area (Å²) in [7, 11) is 1.58. The fourth-order valence-corrected chi connectivity index (χ4v) is 2.82. The third-order valence-corrected chi connectivity index (χ3v) is 3.95. The van der Waals surface area contributed by atoms with Gasteiger partial charge in [0.05, 0.1) is 26.8 Å². The number of aliphatic hydroxyl groups excluding tert-OH is 1. The normalized spacial score (nSPS) is 20.4.